The van der Waals surface area contributed by atoms with E-state index < -0.39 is 17.9 Å². The molecule has 0 saturated carbocycles. The number of nitrogens with zero attached hydrogens (tertiary/aromatic N) is 2. The van der Waals surface area contributed by atoms with Crippen LogP contribution in [0.3, 0.4) is 0 Å². The standard InChI is InChI=1S/C6H22N2Si3/c1-7(2)9-8(10(3)4)11(5)6/h10-11H,9H2,1-6H3. The molecular formula is C6H22N2Si3. The van der Waals surface area contributed by atoms with Gasteiger partial charge in [-0.25, -0.2) is 0 Å². The van der Waals surface area contributed by atoms with Crippen molar-refractivity contribution in [3.63, 3.8) is 0 Å². The molecule has 0 aliphatic rings. The zero-order chi connectivity index (χ0) is 9.02. The maximum Gasteiger partial charge on any atom is 0.158 e. The van der Waals surface area contributed by atoms with E-state index in [0.29, 0.717) is 0 Å². The molecule has 0 saturated heterocycles. The van der Waals surface area contributed by atoms with Gasteiger partial charge in [-0.2, -0.15) is 0 Å². The Balaban J connectivity index is 3.90. The highest BCUT2D eigenvalue weighted by Crippen LogP contribution is 1.97. The van der Waals surface area contributed by atoms with Gasteiger partial charge in [0.1, 0.15) is 0 Å². The lowest BCUT2D eigenvalue weighted by molar-refractivity contribution is 0.631. The largest absolute Gasteiger partial charge is 0.366 e. The van der Waals surface area contributed by atoms with Gasteiger partial charge in [0, 0.05) is 0 Å². The Kier molecular flexibility index (Phi) is 5.53. The van der Waals surface area contributed by atoms with Crippen LogP contribution in [0.4, 0.5) is 0 Å². The molecule has 0 N–H and O–H groups in total. The molecule has 2 nitrogen and oxygen atoms in total. The van der Waals surface area contributed by atoms with Crippen molar-refractivity contribution in [1.82, 2.24) is 8.46 Å². The molecule has 0 spiro atoms. The third-order valence-electron chi connectivity index (χ3n) is 1.77. The fourth-order valence-corrected chi connectivity index (χ4v) is 11.2. The van der Waals surface area contributed by atoms with E-state index in [1.165, 1.54) is 0 Å². The van der Waals surface area contributed by atoms with Crippen LogP contribution in [0.2, 0.25) is 26.2 Å². The predicted octanol–water partition coefficient (Wildman–Crippen LogP) is -0.184. The summed E-state index contributed by atoms with van der Waals surface area (Å²) in [6.07, 6.45) is 0. The summed E-state index contributed by atoms with van der Waals surface area (Å²) in [5, 5.41) is 0. The van der Waals surface area contributed by atoms with Crippen LogP contribution < -0.4 is 0 Å². The van der Waals surface area contributed by atoms with Crippen LogP contribution in [-0.2, 0) is 0 Å². The first-order valence-electron chi connectivity index (χ1n) is 4.35. The average Bonchev–Trinajstić information content (AvgIpc) is 1.81. The molecule has 0 unspecified atom stereocenters. The lowest BCUT2D eigenvalue weighted by atomic mass is 11.3. The van der Waals surface area contributed by atoms with Crippen LogP contribution in [0, 0.1) is 0 Å². The maximum atomic E-state index is 2.88. The van der Waals surface area contributed by atoms with Crippen LogP contribution in [0.25, 0.3) is 0 Å². The molecule has 5 heteroatoms. The van der Waals surface area contributed by atoms with Crippen molar-refractivity contribution in [2.45, 2.75) is 26.2 Å². The molecule has 0 aromatic carbocycles. The Morgan fingerprint density at radius 2 is 1.27 bits per heavy atom. The Bertz CT molecular complexity index is 98.0. The molecule has 0 atom stereocenters. The maximum absolute atomic E-state index is 2.88. The van der Waals surface area contributed by atoms with Gasteiger partial charge in [0.15, 0.2) is 9.84 Å². The molecule has 0 radical (unpaired) electrons. The summed E-state index contributed by atoms with van der Waals surface area (Å²) in [6, 6.07) is 0. The van der Waals surface area contributed by atoms with E-state index in [-0.39, 0.29) is 9.84 Å². The first kappa shape index (κ1) is 11.6. The highest BCUT2D eigenvalue weighted by molar-refractivity contribution is 6.79. The van der Waals surface area contributed by atoms with Gasteiger partial charge < -0.3 is 8.46 Å². The summed E-state index contributed by atoms with van der Waals surface area (Å²) in [6.45, 7) is 9.79. The molecule has 0 bridgehead atoms. The molecule has 11 heavy (non-hydrogen) atoms. The van der Waals surface area contributed by atoms with Crippen molar-refractivity contribution in [2.24, 2.45) is 0 Å². The van der Waals surface area contributed by atoms with Crippen molar-refractivity contribution < 1.29 is 0 Å². The number of hydrogen-bond acceptors (Lipinski definition) is 2. The van der Waals surface area contributed by atoms with E-state index in [1.807, 2.05) is 0 Å². The van der Waals surface area contributed by atoms with Gasteiger partial charge in [-0.3, -0.25) is 0 Å². The quantitative estimate of drug-likeness (QED) is 0.589. The number of hydrogen-bond donors (Lipinski definition) is 0. The molecule has 0 fully saturated rings. The second-order valence-electron chi connectivity index (χ2n) is 3.92. The molecule has 0 heterocycles. The Morgan fingerprint density at radius 3 is 1.36 bits per heavy atom. The van der Waals surface area contributed by atoms with Crippen LogP contribution in [0.1, 0.15) is 0 Å². The van der Waals surface area contributed by atoms with Crippen molar-refractivity contribution in [3.8, 4) is 0 Å². The fourth-order valence-electron chi connectivity index (χ4n) is 1.25. The van der Waals surface area contributed by atoms with E-state index >= 15 is 0 Å². The Morgan fingerprint density at radius 1 is 0.909 bits per heavy atom. The van der Waals surface area contributed by atoms with E-state index in [1.54, 1.807) is 0 Å². The Hall–Kier alpha value is 0.571. The summed E-state index contributed by atoms with van der Waals surface area (Å²) in [7, 11) is 3.42. The molecule has 0 aliphatic carbocycles. The van der Waals surface area contributed by atoms with Crippen molar-refractivity contribution in [2.75, 3.05) is 14.1 Å². The summed E-state index contributed by atoms with van der Waals surface area (Å²) in [5.74, 6) is 0. The summed E-state index contributed by atoms with van der Waals surface area (Å²) in [4.78, 5) is 0. The van der Waals surface area contributed by atoms with Crippen LogP contribution >= 0.6 is 0 Å². The second-order valence-corrected chi connectivity index (χ2v) is 14.0. The zero-order valence-corrected chi connectivity index (χ0v) is 12.5. The van der Waals surface area contributed by atoms with Gasteiger partial charge in [0.25, 0.3) is 0 Å². The highest BCUT2D eigenvalue weighted by atomic mass is 28.4. The molecular weight excluding hydrogens is 184 g/mol. The van der Waals surface area contributed by atoms with E-state index in [4.69, 9.17) is 0 Å². The second kappa shape index (κ2) is 5.26. The fraction of sp³-hybridized carbons (Fsp3) is 1.00. The van der Waals surface area contributed by atoms with Gasteiger partial charge in [-0.05, 0) is 14.1 Å². The van der Waals surface area contributed by atoms with E-state index in [0.717, 1.165) is 0 Å². The number of rotatable bonds is 4. The zero-order valence-electron chi connectivity index (χ0n) is 8.76. The SMILES string of the molecule is CN(C)[SiH2]N([SiH](C)C)[SiH](C)C. The van der Waals surface area contributed by atoms with Gasteiger partial charge in [0.05, 0.1) is 17.9 Å². The lowest BCUT2D eigenvalue weighted by Gasteiger charge is -2.31. The summed E-state index contributed by atoms with van der Waals surface area (Å²) in [5.41, 5.74) is 0. The monoisotopic (exact) mass is 206 g/mol. The van der Waals surface area contributed by atoms with Gasteiger partial charge in [0.2, 0.25) is 0 Å². The van der Waals surface area contributed by atoms with Crippen molar-refractivity contribution in [1.29, 1.82) is 0 Å². The minimum absolute atomic E-state index is 0.0448. The molecule has 0 aromatic rings. The first-order valence-corrected chi connectivity index (χ1v) is 11.3. The first-order chi connectivity index (χ1) is 4.95. The third kappa shape index (κ3) is 4.91. The minimum Gasteiger partial charge on any atom is -0.366 e. The Labute approximate surface area is 76.9 Å². The normalized spacial score (nSPS) is 13.6. The minimum atomic E-state index is -0.484. The van der Waals surface area contributed by atoms with Crippen LogP contribution in [0.15, 0.2) is 0 Å². The van der Waals surface area contributed by atoms with E-state index in [2.05, 4.69) is 48.7 Å². The summed E-state index contributed by atoms with van der Waals surface area (Å²) < 4.78 is 5.29. The molecule has 68 valence electrons. The third-order valence-corrected chi connectivity index (χ3v) is 14.3. The summed E-state index contributed by atoms with van der Waals surface area (Å²) >= 11 is 0. The van der Waals surface area contributed by atoms with Crippen molar-refractivity contribution >= 4 is 27.8 Å². The van der Waals surface area contributed by atoms with Gasteiger partial charge >= 0.3 is 0 Å². The molecule has 0 aromatic heterocycles. The van der Waals surface area contributed by atoms with Crippen molar-refractivity contribution in [3.05, 3.63) is 0 Å². The average molecular weight is 207 g/mol. The molecule has 0 rings (SSSR count). The van der Waals surface area contributed by atoms with Gasteiger partial charge in [-0.15, -0.1) is 0 Å². The molecule has 0 amide bonds. The van der Waals surface area contributed by atoms with Crippen LogP contribution in [-0.4, -0.2) is 50.3 Å². The molecule has 0 aliphatic heterocycles. The van der Waals surface area contributed by atoms with Gasteiger partial charge in [-0.1, -0.05) is 26.2 Å². The highest BCUT2D eigenvalue weighted by Gasteiger charge is 2.15. The topological polar surface area (TPSA) is 6.48 Å². The van der Waals surface area contributed by atoms with Crippen LogP contribution in [0.5, 0.6) is 0 Å². The van der Waals surface area contributed by atoms with E-state index in [9.17, 15) is 0 Å². The lowest BCUT2D eigenvalue weighted by Crippen LogP contribution is -2.50. The predicted molar refractivity (Wildman–Crippen MR) is 61.8 cm³/mol. The smallest absolute Gasteiger partial charge is 0.158 e.